The number of nitrogen functional groups attached to an aromatic ring is 1. The first-order valence-corrected chi connectivity index (χ1v) is 3.99. The minimum absolute atomic E-state index is 0.0284. The second-order valence-corrected chi connectivity index (χ2v) is 2.70. The Bertz CT molecular complexity index is 354. The Balaban J connectivity index is 3.38. The van der Waals surface area contributed by atoms with Crippen LogP contribution in [0.3, 0.4) is 0 Å². The molecule has 0 radical (unpaired) electrons. The number of aromatic nitrogens is 2. The van der Waals surface area contributed by atoms with Gasteiger partial charge in [-0.15, -0.1) is 0 Å². The monoisotopic (exact) mass is 201 g/mol. The van der Waals surface area contributed by atoms with E-state index in [2.05, 4.69) is 9.97 Å². The highest BCUT2D eigenvalue weighted by molar-refractivity contribution is 6.28. The Morgan fingerprint density at radius 1 is 1.62 bits per heavy atom. The van der Waals surface area contributed by atoms with Crippen LogP contribution in [0.1, 0.15) is 23.0 Å². The van der Waals surface area contributed by atoms with Crippen LogP contribution in [0.4, 0.5) is 5.82 Å². The van der Waals surface area contributed by atoms with Gasteiger partial charge >= 0.3 is 5.97 Å². The largest absolute Gasteiger partial charge is 0.477 e. The average molecular weight is 202 g/mol. The highest BCUT2D eigenvalue weighted by Gasteiger charge is 2.16. The molecule has 0 saturated heterocycles. The summed E-state index contributed by atoms with van der Waals surface area (Å²) in [5.74, 6) is -1.23. The first-order valence-electron chi connectivity index (χ1n) is 3.61. The molecule has 1 aromatic heterocycles. The van der Waals surface area contributed by atoms with Crippen molar-refractivity contribution in [2.45, 2.75) is 13.3 Å². The molecule has 1 rings (SSSR count). The lowest BCUT2D eigenvalue weighted by atomic mass is 10.2. The number of aromatic carboxylic acids is 1. The standard InChI is InChI=1S/C7H8ClN3O2/c1-2-3-4(6(12)13)5(9)11-7(8)10-3/h2H2,1H3,(H,12,13)(H2,9,10,11). The lowest BCUT2D eigenvalue weighted by molar-refractivity contribution is 0.0696. The number of carboxylic acids is 1. The van der Waals surface area contributed by atoms with Crippen LogP contribution in [0.25, 0.3) is 0 Å². The zero-order valence-corrected chi connectivity index (χ0v) is 7.67. The number of hydrogen-bond donors (Lipinski definition) is 2. The van der Waals surface area contributed by atoms with Crippen LogP contribution in [0.2, 0.25) is 5.28 Å². The fourth-order valence-electron chi connectivity index (χ4n) is 0.984. The summed E-state index contributed by atoms with van der Waals surface area (Å²) in [7, 11) is 0. The van der Waals surface area contributed by atoms with Crippen molar-refractivity contribution in [3.8, 4) is 0 Å². The highest BCUT2D eigenvalue weighted by Crippen LogP contribution is 2.16. The molecule has 6 heteroatoms. The quantitative estimate of drug-likeness (QED) is 0.696. The number of nitrogens with zero attached hydrogens (tertiary/aromatic N) is 2. The number of rotatable bonds is 2. The lowest BCUT2D eigenvalue weighted by Crippen LogP contribution is -2.10. The SMILES string of the molecule is CCc1nc(Cl)nc(N)c1C(=O)O. The predicted octanol–water partition coefficient (Wildman–Crippen LogP) is 0.973. The van der Waals surface area contributed by atoms with E-state index in [1.807, 2.05) is 0 Å². The molecule has 1 heterocycles. The predicted molar refractivity (Wildman–Crippen MR) is 47.8 cm³/mol. The summed E-state index contributed by atoms with van der Waals surface area (Å²) in [5.41, 5.74) is 5.67. The van der Waals surface area contributed by atoms with Gasteiger partial charge in [-0.05, 0) is 18.0 Å². The van der Waals surface area contributed by atoms with Gasteiger partial charge in [0.15, 0.2) is 0 Å². The molecule has 5 nitrogen and oxygen atoms in total. The van der Waals surface area contributed by atoms with Crippen LogP contribution in [-0.2, 0) is 6.42 Å². The van der Waals surface area contributed by atoms with Gasteiger partial charge in [-0.2, -0.15) is 0 Å². The molecular formula is C7H8ClN3O2. The van der Waals surface area contributed by atoms with Gasteiger partial charge in [-0.1, -0.05) is 6.92 Å². The minimum atomic E-state index is -1.13. The molecule has 0 aliphatic carbocycles. The Morgan fingerprint density at radius 2 is 2.23 bits per heavy atom. The molecule has 0 amide bonds. The molecule has 0 aliphatic heterocycles. The maximum atomic E-state index is 10.7. The fraction of sp³-hybridized carbons (Fsp3) is 0.286. The molecule has 0 fully saturated rings. The third kappa shape index (κ3) is 1.86. The van der Waals surface area contributed by atoms with Gasteiger partial charge < -0.3 is 10.8 Å². The van der Waals surface area contributed by atoms with Gasteiger partial charge in [0.1, 0.15) is 11.4 Å². The van der Waals surface area contributed by atoms with Gasteiger partial charge in [-0.3, -0.25) is 0 Å². The third-order valence-electron chi connectivity index (χ3n) is 1.53. The van der Waals surface area contributed by atoms with Gasteiger partial charge in [0.2, 0.25) is 5.28 Å². The van der Waals surface area contributed by atoms with Crippen molar-refractivity contribution in [1.29, 1.82) is 0 Å². The molecule has 13 heavy (non-hydrogen) atoms. The first-order chi connectivity index (χ1) is 6.06. The minimum Gasteiger partial charge on any atom is -0.477 e. The van der Waals surface area contributed by atoms with Crippen LogP contribution in [0.15, 0.2) is 0 Å². The van der Waals surface area contributed by atoms with E-state index < -0.39 is 5.97 Å². The zero-order valence-electron chi connectivity index (χ0n) is 6.91. The third-order valence-corrected chi connectivity index (χ3v) is 1.70. The van der Waals surface area contributed by atoms with Crippen LogP contribution in [0.5, 0.6) is 0 Å². The van der Waals surface area contributed by atoms with Crippen LogP contribution in [-0.4, -0.2) is 21.0 Å². The van der Waals surface area contributed by atoms with Crippen LogP contribution >= 0.6 is 11.6 Å². The number of halogens is 1. The fourth-order valence-corrected chi connectivity index (χ4v) is 1.18. The summed E-state index contributed by atoms with van der Waals surface area (Å²) in [6.07, 6.45) is 0.452. The topological polar surface area (TPSA) is 89.1 Å². The van der Waals surface area contributed by atoms with Crippen molar-refractivity contribution in [3.63, 3.8) is 0 Å². The summed E-state index contributed by atoms with van der Waals surface area (Å²) < 4.78 is 0. The van der Waals surface area contributed by atoms with E-state index in [0.717, 1.165) is 0 Å². The molecule has 70 valence electrons. The molecule has 0 bridgehead atoms. The van der Waals surface area contributed by atoms with Crippen molar-refractivity contribution in [3.05, 3.63) is 16.5 Å². The van der Waals surface area contributed by atoms with Gasteiger partial charge in [0, 0.05) is 0 Å². The second kappa shape index (κ2) is 3.57. The van der Waals surface area contributed by atoms with E-state index in [-0.39, 0.29) is 16.7 Å². The molecule has 0 atom stereocenters. The molecule has 0 saturated carbocycles. The molecule has 0 unspecified atom stereocenters. The highest BCUT2D eigenvalue weighted by atomic mass is 35.5. The summed E-state index contributed by atoms with van der Waals surface area (Å²) in [6.45, 7) is 1.77. The van der Waals surface area contributed by atoms with E-state index in [1.54, 1.807) is 6.92 Å². The number of anilines is 1. The summed E-state index contributed by atoms with van der Waals surface area (Å²) >= 11 is 5.51. The molecule has 1 aromatic rings. The number of aryl methyl sites for hydroxylation is 1. The molecule has 0 spiro atoms. The normalized spacial score (nSPS) is 10.0. The Morgan fingerprint density at radius 3 is 2.69 bits per heavy atom. The van der Waals surface area contributed by atoms with E-state index in [4.69, 9.17) is 22.4 Å². The average Bonchev–Trinajstić information content (AvgIpc) is 2.01. The maximum Gasteiger partial charge on any atom is 0.341 e. The molecule has 0 aliphatic rings. The Hall–Kier alpha value is -1.36. The smallest absolute Gasteiger partial charge is 0.341 e. The van der Waals surface area contributed by atoms with Crippen molar-refractivity contribution < 1.29 is 9.90 Å². The second-order valence-electron chi connectivity index (χ2n) is 2.36. The van der Waals surface area contributed by atoms with E-state index in [0.29, 0.717) is 12.1 Å². The summed E-state index contributed by atoms with van der Waals surface area (Å²) in [5, 5.41) is 8.74. The first kappa shape index (κ1) is 9.73. The molecule has 3 N–H and O–H groups in total. The number of hydrogen-bond acceptors (Lipinski definition) is 4. The van der Waals surface area contributed by atoms with Crippen molar-refractivity contribution >= 4 is 23.4 Å². The van der Waals surface area contributed by atoms with E-state index in [9.17, 15) is 4.79 Å². The summed E-state index contributed by atoms with van der Waals surface area (Å²) in [4.78, 5) is 18.0. The van der Waals surface area contributed by atoms with Crippen LogP contribution in [0, 0.1) is 0 Å². The van der Waals surface area contributed by atoms with Crippen molar-refractivity contribution in [1.82, 2.24) is 9.97 Å². The number of carbonyl (C=O) groups is 1. The molecule has 0 aromatic carbocycles. The van der Waals surface area contributed by atoms with Crippen molar-refractivity contribution in [2.75, 3.05) is 5.73 Å². The Labute approximate surface area is 79.6 Å². The number of nitrogens with two attached hydrogens (primary N) is 1. The van der Waals surface area contributed by atoms with E-state index in [1.165, 1.54) is 0 Å². The summed E-state index contributed by atoms with van der Waals surface area (Å²) in [6, 6.07) is 0. The van der Waals surface area contributed by atoms with Gasteiger partial charge in [-0.25, -0.2) is 14.8 Å². The van der Waals surface area contributed by atoms with Gasteiger partial charge in [0.25, 0.3) is 0 Å². The van der Waals surface area contributed by atoms with Crippen molar-refractivity contribution in [2.24, 2.45) is 0 Å². The maximum absolute atomic E-state index is 10.7. The Kier molecular flexibility index (Phi) is 2.67. The van der Waals surface area contributed by atoms with Gasteiger partial charge in [0.05, 0.1) is 5.69 Å². The van der Waals surface area contributed by atoms with E-state index >= 15 is 0 Å². The molecular weight excluding hydrogens is 194 g/mol. The lowest BCUT2D eigenvalue weighted by Gasteiger charge is -2.04. The zero-order chi connectivity index (χ0) is 10.0. The van der Waals surface area contributed by atoms with Crippen LogP contribution < -0.4 is 5.73 Å². The number of carboxylic acid groups (broad SMARTS) is 1.